The van der Waals surface area contributed by atoms with Crippen LogP contribution in [0.1, 0.15) is 232 Å². The van der Waals surface area contributed by atoms with Crippen molar-refractivity contribution in [3.63, 3.8) is 0 Å². The smallest absolute Gasteiger partial charge is 0.305 e. The number of rotatable bonds is 35. The van der Waals surface area contributed by atoms with Gasteiger partial charge >= 0.3 is 5.97 Å². The highest BCUT2D eigenvalue weighted by atomic mass is 16.5. The first-order valence-corrected chi connectivity index (χ1v) is 19.0. The Hall–Kier alpha value is -0.530. The van der Waals surface area contributed by atoms with Gasteiger partial charge in [-0.2, -0.15) is 0 Å². The molecule has 0 fully saturated rings. The summed E-state index contributed by atoms with van der Waals surface area (Å²) in [6, 6.07) is 0. The zero-order chi connectivity index (χ0) is 29.0. The van der Waals surface area contributed by atoms with Crippen LogP contribution in [0, 0.1) is 0 Å². The molecule has 0 radical (unpaired) electrons. The number of esters is 1. The Kier molecular flexibility index (Phi) is 36.0. The highest BCUT2D eigenvalue weighted by Crippen LogP contribution is 2.16. The van der Waals surface area contributed by atoms with Crippen molar-refractivity contribution in [3.05, 3.63) is 0 Å². The number of ether oxygens (including phenoxy) is 1. The monoisotopic (exact) mass is 565 g/mol. The minimum Gasteiger partial charge on any atom is -0.466 e. The van der Waals surface area contributed by atoms with Crippen LogP contribution in [0.25, 0.3) is 0 Å². The summed E-state index contributed by atoms with van der Waals surface area (Å²) in [5, 5.41) is 0. The van der Waals surface area contributed by atoms with Crippen LogP contribution < -0.4 is 0 Å². The number of hydrogen-bond donors (Lipinski definition) is 0. The fourth-order valence-electron chi connectivity index (χ4n) is 5.90. The van der Waals surface area contributed by atoms with Gasteiger partial charge in [0.05, 0.1) is 6.61 Å². The first kappa shape index (κ1) is 39.5. The van der Waals surface area contributed by atoms with E-state index in [9.17, 15) is 4.79 Å². The predicted octanol–water partition coefficient (Wildman–Crippen LogP) is 13.8. The Bertz CT molecular complexity index is 460. The summed E-state index contributed by atoms with van der Waals surface area (Å²) in [4.78, 5) is 11.9. The molecular weight excluding hydrogens is 488 g/mol. The van der Waals surface area contributed by atoms with Crippen LogP contribution in [0.3, 0.4) is 0 Å². The van der Waals surface area contributed by atoms with E-state index in [1.807, 2.05) is 0 Å². The van der Waals surface area contributed by atoms with E-state index in [0.29, 0.717) is 13.0 Å². The molecule has 0 rings (SSSR count). The second kappa shape index (κ2) is 36.5. The van der Waals surface area contributed by atoms with Crippen molar-refractivity contribution >= 4 is 5.97 Å². The third-order valence-electron chi connectivity index (χ3n) is 8.75. The van der Waals surface area contributed by atoms with Crippen LogP contribution in [0.15, 0.2) is 0 Å². The SMILES string of the molecule is CCCCCCCCCCCCCCCCCCCCCCCCCCCC(=O)OCCCCCCCCCC. The molecule has 0 saturated heterocycles. The van der Waals surface area contributed by atoms with Crippen molar-refractivity contribution in [2.24, 2.45) is 0 Å². The second-order valence-electron chi connectivity index (χ2n) is 12.9. The maximum Gasteiger partial charge on any atom is 0.305 e. The number of hydrogen-bond acceptors (Lipinski definition) is 2. The average molecular weight is 565 g/mol. The largest absolute Gasteiger partial charge is 0.466 e. The molecule has 2 heteroatoms. The van der Waals surface area contributed by atoms with Gasteiger partial charge in [0, 0.05) is 6.42 Å². The second-order valence-corrected chi connectivity index (χ2v) is 12.9. The Balaban J connectivity index is 3.11. The first-order chi connectivity index (χ1) is 19.8. The van der Waals surface area contributed by atoms with Crippen molar-refractivity contribution in [2.75, 3.05) is 6.61 Å². The highest BCUT2D eigenvalue weighted by molar-refractivity contribution is 5.69. The van der Waals surface area contributed by atoms with Crippen LogP contribution in [0.2, 0.25) is 0 Å². The molecule has 0 aliphatic carbocycles. The summed E-state index contributed by atoms with van der Waals surface area (Å²) in [6.45, 7) is 5.20. The maximum atomic E-state index is 11.9. The average Bonchev–Trinajstić information content (AvgIpc) is 2.96. The van der Waals surface area contributed by atoms with Gasteiger partial charge in [0.25, 0.3) is 0 Å². The van der Waals surface area contributed by atoms with Gasteiger partial charge < -0.3 is 4.74 Å². The molecule has 0 amide bonds. The quantitative estimate of drug-likeness (QED) is 0.0565. The molecule has 2 nitrogen and oxygen atoms in total. The molecule has 0 saturated carbocycles. The van der Waals surface area contributed by atoms with Crippen molar-refractivity contribution < 1.29 is 9.53 Å². The zero-order valence-electron chi connectivity index (χ0n) is 28.1. The van der Waals surface area contributed by atoms with E-state index < -0.39 is 0 Å². The van der Waals surface area contributed by atoms with E-state index >= 15 is 0 Å². The molecule has 40 heavy (non-hydrogen) atoms. The maximum absolute atomic E-state index is 11.9. The van der Waals surface area contributed by atoms with Gasteiger partial charge in [-0.1, -0.05) is 213 Å². The molecule has 0 N–H and O–H groups in total. The van der Waals surface area contributed by atoms with E-state index in [1.54, 1.807) is 0 Å². The number of unbranched alkanes of at least 4 members (excludes halogenated alkanes) is 31. The highest BCUT2D eigenvalue weighted by Gasteiger charge is 2.03. The van der Waals surface area contributed by atoms with E-state index in [0.717, 1.165) is 12.8 Å². The third-order valence-corrected chi connectivity index (χ3v) is 8.75. The Morgan fingerprint density at radius 2 is 0.550 bits per heavy atom. The number of carbonyl (C=O) groups excluding carboxylic acids is 1. The lowest BCUT2D eigenvalue weighted by atomic mass is 10.0. The van der Waals surface area contributed by atoms with E-state index in [2.05, 4.69) is 13.8 Å². The Morgan fingerprint density at radius 3 is 0.825 bits per heavy atom. The standard InChI is InChI=1S/C38H76O2/c1-3-5-7-9-11-13-14-15-16-17-18-19-20-21-22-23-24-25-26-27-28-29-30-32-34-36-38(39)40-37-35-33-31-12-10-8-6-4-2/h3-37H2,1-2H3. The Labute approximate surface area is 254 Å². The normalized spacial score (nSPS) is 11.3. The van der Waals surface area contributed by atoms with Crippen molar-refractivity contribution in [1.29, 1.82) is 0 Å². The van der Waals surface area contributed by atoms with Gasteiger partial charge in [0.15, 0.2) is 0 Å². The molecule has 0 bridgehead atoms. The molecule has 0 aliphatic rings. The minimum atomic E-state index is 0.0250. The van der Waals surface area contributed by atoms with E-state index in [-0.39, 0.29) is 5.97 Å². The van der Waals surface area contributed by atoms with Crippen molar-refractivity contribution in [1.82, 2.24) is 0 Å². The van der Waals surface area contributed by atoms with Gasteiger partial charge in [-0.05, 0) is 12.8 Å². The van der Waals surface area contributed by atoms with Crippen molar-refractivity contribution in [3.8, 4) is 0 Å². The van der Waals surface area contributed by atoms with Gasteiger partial charge in [0.2, 0.25) is 0 Å². The molecule has 240 valence electrons. The van der Waals surface area contributed by atoms with Gasteiger partial charge in [0.1, 0.15) is 0 Å². The lowest BCUT2D eigenvalue weighted by Gasteiger charge is -2.06. The molecule has 0 unspecified atom stereocenters. The zero-order valence-corrected chi connectivity index (χ0v) is 28.1. The summed E-state index contributed by atoms with van der Waals surface area (Å²) in [5.74, 6) is 0.0250. The predicted molar refractivity (Wildman–Crippen MR) is 179 cm³/mol. The topological polar surface area (TPSA) is 26.3 Å². The lowest BCUT2D eigenvalue weighted by molar-refractivity contribution is -0.143. The lowest BCUT2D eigenvalue weighted by Crippen LogP contribution is -2.05. The molecule has 0 aromatic heterocycles. The first-order valence-electron chi connectivity index (χ1n) is 19.0. The molecule has 0 aromatic carbocycles. The summed E-state index contributed by atoms with van der Waals surface area (Å²) in [5.41, 5.74) is 0. The molecule has 0 aliphatic heterocycles. The van der Waals surface area contributed by atoms with Gasteiger partial charge in [-0.3, -0.25) is 4.79 Å². The summed E-state index contributed by atoms with van der Waals surface area (Å²) in [6.07, 6.45) is 46.2. The summed E-state index contributed by atoms with van der Waals surface area (Å²) in [7, 11) is 0. The molecule has 0 heterocycles. The summed E-state index contributed by atoms with van der Waals surface area (Å²) >= 11 is 0. The van der Waals surface area contributed by atoms with Crippen LogP contribution in [0.4, 0.5) is 0 Å². The molecular formula is C38H76O2. The fourth-order valence-corrected chi connectivity index (χ4v) is 5.90. The summed E-state index contributed by atoms with van der Waals surface area (Å²) < 4.78 is 5.40. The fraction of sp³-hybridized carbons (Fsp3) is 0.974. The Morgan fingerprint density at radius 1 is 0.325 bits per heavy atom. The van der Waals surface area contributed by atoms with Crippen LogP contribution >= 0.6 is 0 Å². The van der Waals surface area contributed by atoms with Crippen molar-refractivity contribution in [2.45, 2.75) is 232 Å². The van der Waals surface area contributed by atoms with Crippen LogP contribution in [-0.2, 0) is 9.53 Å². The van der Waals surface area contributed by atoms with E-state index in [4.69, 9.17) is 4.74 Å². The van der Waals surface area contributed by atoms with Crippen LogP contribution in [0.5, 0.6) is 0 Å². The van der Waals surface area contributed by atoms with Crippen LogP contribution in [-0.4, -0.2) is 12.6 Å². The third kappa shape index (κ3) is 35.5. The minimum absolute atomic E-state index is 0.0250. The molecule has 0 spiro atoms. The molecule has 0 atom stereocenters. The van der Waals surface area contributed by atoms with Gasteiger partial charge in [-0.15, -0.1) is 0 Å². The number of carbonyl (C=O) groups is 1. The van der Waals surface area contributed by atoms with Gasteiger partial charge in [-0.25, -0.2) is 0 Å². The molecule has 0 aromatic rings. The van der Waals surface area contributed by atoms with E-state index in [1.165, 1.54) is 199 Å².